The second-order valence-corrected chi connectivity index (χ2v) is 5.12. The molecule has 1 fully saturated rings. The van der Waals surface area contributed by atoms with Crippen LogP contribution in [0.5, 0.6) is 0 Å². The Labute approximate surface area is 112 Å². The van der Waals surface area contributed by atoms with E-state index in [0.29, 0.717) is 12.8 Å². The van der Waals surface area contributed by atoms with Crippen LogP contribution in [0, 0.1) is 11.8 Å². The van der Waals surface area contributed by atoms with Gasteiger partial charge in [0.1, 0.15) is 6.54 Å². The molecule has 0 aromatic heterocycles. The van der Waals surface area contributed by atoms with Gasteiger partial charge in [-0.25, -0.2) is 0 Å². The first kappa shape index (κ1) is 15.5. The first-order valence-corrected chi connectivity index (χ1v) is 6.48. The summed E-state index contributed by atoms with van der Waals surface area (Å²) in [6.07, 6.45) is 1.83. The molecule has 1 aliphatic rings. The second kappa shape index (κ2) is 6.54. The molecule has 0 radical (unpaired) electrons. The maximum Gasteiger partial charge on any atom is 0.325 e. The van der Waals surface area contributed by atoms with Gasteiger partial charge in [-0.2, -0.15) is 0 Å². The predicted octanol–water partition coefficient (Wildman–Crippen LogP) is 0.897. The van der Waals surface area contributed by atoms with Gasteiger partial charge in [0.25, 0.3) is 0 Å². The van der Waals surface area contributed by atoms with Crippen molar-refractivity contribution in [3.05, 3.63) is 0 Å². The minimum absolute atomic E-state index is 0.129. The summed E-state index contributed by atoms with van der Waals surface area (Å²) in [5.41, 5.74) is 0. The molecule has 0 aliphatic heterocycles. The van der Waals surface area contributed by atoms with Gasteiger partial charge in [-0.3, -0.25) is 14.4 Å². The molecule has 0 saturated heterocycles. The molecule has 19 heavy (non-hydrogen) atoms. The monoisotopic (exact) mass is 271 g/mol. The Morgan fingerprint density at radius 3 is 2.32 bits per heavy atom. The lowest BCUT2D eigenvalue weighted by Crippen LogP contribution is -2.45. The van der Waals surface area contributed by atoms with Crippen LogP contribution in [-0.2, 0) is 19.1 Å². The Balaban J connectivity index is 2.81. The van der Waals surface area contributed by atoms with Crippen molar-refractivity contribution in [1.29, 1.82) is 0 Å². The molecule has 6 nitrogen and oxygen atoms in total. The molecule has 108 valence electrons. The van der Waals surface area contributed by atoms with Crippen LogP contribution in [0.1, 0.15) is 33.1 Å². The summed E-state index contributed by atoms with van der Waals surface area (Å²) < 4.78 is 4.57. The lowest BCUT2D eigenvalue weighted by molar-refractivity contribution is -0.153. The van der Waals surface area contributed by atoms with Gasteiger partial charge in [0.2, 0.25) is 5.91 Å². The van der Waals surface area contributed by atoms with E-state index in [9.17, 15) is 14.4 Å². The number of hydrogen-bond donors (Lipinski definition) is 1. The van der Waals surface area contributed by atoms with E-state index in [1.54, 1.807) is 13.8 Å². The van der Waals surface area contributed by atoms with Gasteiger partial charge in [-0.05, 0) is 26.7 Å². The van der Waals surface area contributed by atoms with Crippen molar-refractivity contribution in [1.82, 2.24) is 4.90 Å². The maximum atomic E-state index is 12.4. The zero-order chi connectivity index (χ0) is 14.6. The number of carbonyl (C=O) groups excluding carboxylic acids is 2. The van der Waals surface area contributed by atoms with Gasteiger partial charge in [0.15, 0.2) is 0 Å². The Bertz CT molecular complexity index is 366. The summed E-state index contributed by atoms with van der Waals surface area (Å²) in [6, 6.07) is -0.165. The third-order valence-electron chi connectivity index (χ3n) is 3.58. The molecule has 0 unspecified atom stereocenters. The van der Waals surface area contributed by atoms with E-state index < -0.39 is 23.8 Å². The van der Waals surface area contributed by atoms with Crippen LogP contribution in [0.15, 0.2) is 0 Å². The molecule has 0 heterocycles. The number of amides is 1. The summed E-state index contributed by atoms with van der Waals surface area (Å²) in [4.78, 5) is 36.3. The van der Waals surface area contributed by atoms with Gasteiger partial charge < -0.3 is 14.7 Å². The number of nitrogens with zero attached hydrogens (tertiary/aromatic N) is 1. The minimum Gasteiger partial charge on any atom is -0.481 e. The van der Waals surface area contributed by atoms with E-state index in [2.05, 4.69) is 4.74 Å². The smallest absolute Gasteiger partial charge is 0.325 e. The third kappa shape index (κ3) is 3.68. The second-order valence-electron chi connectivity index (χ2n) is 5.12. The summed E-state index contributed by atoms with van der Waals surface area (Å²) in [6.45, 7) is 3.47. The predicted molar refractivity (Wildman–Crippen MR) is 67.3 cm³/mol. The lowest BCUT2D eigenvalue weighted by atomic mass is 9.94. The van der Waals surface area contributed by atoms with Crippen molar-refractivity contribution < 1.29 is 24.2 Å². The molecule has 1 N–H and O–H groups in total. The van der Waals surface area contributed by atoms with Crippen molar-refractivity contribution in [2.75, 3.05) is 13.7 Å². The van der Waals surface area contributed by atoms with Crippen LogP contribution in [0.2, 0.25) is 0 Å². The van der Waals surface area contributed by atoms with Crippen LogP contribution < -0.4 is 0 Å². The standard InChI is InChI=1S/C13H21NO5/c1-8(2)14(7-11(15)19-3)12(16)9-5-4-6-10(9)13(17)18/h8-10H,4-7H2,1-3H3,(H,17,18)/t9-,10+/m1/s1. The summed E-state index contributed by atoms with van der Waals surface area (Å²) >= 11 is 0. The molecule has 1 amide bonds. The molecule has 0 spiro atoms. The number of methoxy groups -OCH3 is 1. The summed E-state index contributed by atoms with van der Waals surface area (Å²) in [5.74, 6) is -2.84. The molecule has 2 atom stereocenters. The summed E-state index contributed by atoms with van der Waals surface area (Å²) in [7, 11) is 1.26. The first-order valence-electron chi connectivity index (χ1n) is 6.48. The molecule has 6 heteroatoms. The van der Waals surface area contributed by atoms with Crippen molar-refractivity contribution in [2.45, 2.75) is 39.2 Å². The van der Waals surface area contributed by atoms with E-state index >= 15 is 0 Å². The van der Waals surface area contributed by atoms with E-state index in [4.69, 9.17) is 5.11 Å². The normalized spacial score (nSPS) is 22.3. The van der Waals surface area contributed by atoms with Crippen LogP contribution in [0.25, 0.3) is 0 Å². The SMILES string of the molecule is COC(=O)CN(C(=O)[C@@H]1CCC[C@@H]1C(=O)O)C(C)C. The van der Waals surface area contributed by atoms with E-state index in [0.717, 1.165) is 6.42 Å². The largest absolute Gasteiger partial charge is 0.481 e. The van der Waals surface area contributed by atoms with Gasteiger partial charge in [0, 0.05) is 6.04 Å². The van der Waals surface area contributed by atoms with Gasteiger partial charge in [-0.15, -0.1) is 0 Å². The van der Waals surface area contributed by atoms with Crippen molar-refractivity contribution in [3.8, 4) is 0 Å². The molecular formula is C13H21NO5. The van der Waals surface area contributed by atoms with Gasteiger partial charge in [-0.1, -0.05) is 6.42 Å². The highest BCUT2D eigenvalue weighted by Gasteiger charge is 2.40. The average Bonchev–Trinajstić information content (AvgIpc) is 2.83. The Kier molecular flexibility index (Phi) is 5.32. The van der Waals surface area contributed by atoms with Crippen LogP contribution >= 0.6 is 0 Å². The van der Waals surface area contributed by atoms with Gasteiger partial charge >= 0.3 is 11.9 Å². The number of carboxylic acids is 1. The maximum absolute atomic E-state index is 12.4. The lowest BCUT2D eigenvalue weighted by Gasteiger charge is -2.29. The molecular weight excluding hydrogens is 250 g/mol. The molecule has 1 aliphatic carbocycles. The quantitative estimate of drug-likeness (QED) is 0.751. The fourth-order valence-corrected chi connectivity index (χ4v) is 2.48. The topological polar surface area (TPSA) is 83.9 Å². The van der Waals surface area contributed by atoms with Crippen molar-refractivity contribution >= 4 is 17.8 Å². The molecule has 1 saturated carbocycles. The zero-order valence-electron chi connectivity index (χ0n) is 11.6. The molecule has 1 rings (SSSR count). The number of carboxylic acid groups (broad SMARTS) is 1. The van der Waals surface area contributed by atoms with Crippen LogP contribution in [0.4, 0.5) is 0 Å². The highest BCUT2D eigenvalue weighted by molar-refractivity contribution is 5.88. The molecule has 0 aromatic rings. The van der Waals surface area contributed by atoms with Crippen LogP contribution in [0.3, 0.4) is 0 Å². The number of esters is 1. The molecule has 0 bridgehead atoms. The number of carbonyl (C=O) groups is 3. The third-order valence-corrected chi connectivity index (χ3v) is 3.58. The van der Waals surface area contributed by atoms with E-state index in [1.807, 2.05) is 0 Å². The Hall–Kier alpha value is -1.59. The fourth-order valence-electron chi connectivity index (χ4n) is 2.48. The highest BCUT2D eigenvalue weighted by atomic mass is 16.5. The van der Waals surface area contributed by atoms with Crippen LogP contribution in [-0.4, -0.2) is 47.5 Å². The van der Waals surface area contributed by atoms with Crippen molar-refractivity contribution in [2.24, 2.45) is 11.8 Å². The minimum atomic E-state index is -0.933. The zero-order valence-corrected chi connectivity index (χ0v) is 11.6. The number of rotatable bonds is 5. The van der Waals surface area contributed by atoms with Crippen molar-refractivity contribution in [3.63, 3.8) is 0 Å². The Morgan fingerprint density at radius 2 is 1.84 bits per heavy atom. The average molecular weight is 271 g/mol. The number of ether oxygens (including phenoxy) is 1. The Morgan fingerprint density at radius 1 is 1.26 bits per heavy atom. The first-order chi connectivity index (χ1) is 8.88. The number of aliphatic carboxylic acids is 1. The molecule has 0 aromatic carbocycles. The fraction of sp³-hybridized carbons (Fsp3) is 0.769. The summed E-state index contributed by atoms with van der Waals surface area (Å²) in [5, 5.41) is 9.12. The van der Waals surface area contributed by atoms with Gasteiger partial charge in [0.05, 0.1) is 18.9 Å². The number of hydrogen-bond acceptors (Lipinski definition) is 4. The van der Waals surface area contributed by atoms with E-state index in [1.165, 1.54) is 12.0 Å². The highest BCUT2D eigenvalue weighted by Crippen LogP contribution is 2.33. The van der Waals surface area contributed by atoms with E-state index in [-0.39, 0.29) is 18.5 Å².